The molecule has 0 atom stereocenters. The van der Waals surface area contributed by atoms with Crippen LogP contribution >= 0.6 is 22.6 Å². The first-order chi connectivity index (χ1) is 12.7. The molecule has 7 nitrogen and oxygen atoms in total. The van der Waals surface area contributed by atoms with Crippen molar-refractivity contribution in [2.24, 2.45) is 0 Å². The number of pyridine rings is 2. The first kappa shape index (κ1) is 17.2. The fourth-order valence-electron chi connectivity index (χ4n) is 3.13. The zero-order chi connectivity index (χ0) is 18.1. The van der Waals surface area contributed by atoms with Gasteiger partial charge in [0.25, 0.3) is 5.91 Å². The van der Waals surface area contributed by atoms with Crippen LogP contribution in [0.5, 0.6) is 0 Å². The van der Waals surface area contributed by atoms with E-state index in [1.165, 1.54) is 0 Å². The van der Waals surface area contributed by atoms with E-state index in [1.54, 1.807) is 13.3 Å². The third-order valence-electron chi connectivity index (χ3n) is 4.37. The molecule has 0 aromatic carbocycles. The number of anilines is 1. The average molecular weight is 463 g/mol. The molecule has 0 bridgehead atoms. The fraction of sp³-hybridized carbons (Fsp3) is 0.278. The van der Waals surface area contributed by atoms with Gasteiger partial charge in [0.2, 0.25) is 0 Å². The van der Waals surface area contributed by atoms with Crippen LogP contribution in [0.2, 0.25) is 0 Å². The molecular weight excluding hydrogens is 445 g/mol. The van der Waals surface area contributed by atoms with Crippen molar-refractivity contribution in [3.05, 3.63) is 39.2 Å². The summed E-state index contributed by atoms with van der Waals surface area (Å²) >= 11 is 2.23. The quantitative estimate of drug-likeness (QED) is 0.400. The van der Waals surface area contributed by atoms with Crippen LogP contribution in [-0.2, 0) is 11.2 Å². The van der Waals surface area contributed by atoms with Gasteiger partial charge in [0.1, 0.15) is 11.3 Å². The van der Waals surface area contributed by atoms with Crippen molar-refractivity contribution >= 4 is 45.3 Å². The third-order valence-corrected chi connectivity index (χ3v) is 5.45. The predicted molar refractivity (Wildman–Crippen MR) is 108 cm³/mol. The van der Waals surface area contributed by atoms with E-state index in [4.69, 9.17) is 9.72 Å². The van der Waals surface area contributed by atoms with Gasteiger partial charge in [0, 0.05) is 44.1 Å². The lowest BCUT2D eigenvalue weighted by atomic mass is 10.1. The Kier molecular flexibility index (Phi) is 4.77. The normalized spacial score (nSPS) is 13.5. The van der Waals surface area contributed by atoms with Gasteiger partial charge < -0.3 is 20.4 Å². The van der Waals surface area contributed by atoms with E-state index in [2.05, 4.69) is 43.2 Å². The minimum atomic E-state index is -0.0219. The molecule has 4 heterocycles. The highest BCUT2D eigenvalue weighted by molar-refractivity contribution is 14.1. The van der Waals surface area contributed by atoms with Crippen LogP contribution in [0.4, 0.5) is 5.82 Å². The molecule has 3 aromatic heterocycles. The SMILES string of the molecule is COCCNc1ccc2nccc(-c3[nH]c4c(c3I)C(=O)NCC4)c2n1. The number of rotatable bonds is 5. The van der Waals surface area contributed by atoms with Gasteiger partial charge in [-0.05, 0) is 40.8 Å². The van der Waals surface area contributed by atoms with Gasteiger partial charge in [-0.1, -0.05) is 0 Å². The largest absolute Gasteiger partial charge is 0.383 e. The van der Waals surface area contributed by atoms with Gasteiger partial charge >= 0.3 is 0 Å². The van der Waals surface area contributed by atoms with Crippen LogP contribution in [0.1, 0.15) is 16.1 Å². The molecule has 3 aromatic rings. The molecule has 0 aliphatic carbocycles. The van der Waals surface area contributed by atoms with Gasteiger partial charge in [-0.3, -0.25) is 9.78 Å². The monoisotopic (exact) mass is 463 g/mol. The van der Waals surface area contributed by atoms with Gasteiger partial charge in [-0.15, -0.1) is 0 Å². The number of ether oxygens (including phenoxy) is 1. The molecule has 0 saturated carbocycles. The van der Waals surface area contributed by atoms with E-state index in [0.29, 0.717) is 19.7 Å². The number of nitrogens with one attached hydrogen (secondary N) is 3. The molecule has 134 valence electrons. The van der Waals surface area contributed by atoms with Crippen LogP contribution in [-0.4, -0.2) is 47.7 Å². The Bertz CT molecular complexity index is 985. The Morgan fingerprint density at radius 2 is 2.23 bits per heavy atom. The molecular formula is C18H18IN5O2. The molecule has 4 rings (SSSR count). The lowest BCUT2D eigenvalue weighted by molar-refractivity contribution is 0.0945. The molecule has 3 N–H and O–H groups in total. The smallest absolute Gasteiger partial charge is 0.254 e. The number of hydrogen-bond acceptors (Lipinski definition) is 5. The summed E-state index contributed by atoms with van der Waals surface area (Å²) in [5.41, 5.74) is 5.19. The minimum Gasteiger partial charge on any atom is -0.383 e. The van der Waals surface area contributed by atoms with Crippen LogP contribution < -0.4 is 10.6 Å². The Morgan fingerprint density at radius 1 is 1.35 bits per heavy atom. The average Bonchev–Trinajstić information content (AvgIpc) is 2.99. The summed E-state index contributed by atoms with van der Waals surface area (Å²) < 4.78 is 5.99. The Hall–Kier alpha value is -2.20. The number of aromatic amines is 1. The number of methoxy groups -OCH3 is 1. The number of H-pyrrole nitrogens is 1. The van der Waals surface area contributed by atoms with Crippen molar-refractivity contribution in [2.75, 3.05) is 32.1 Å². The summed E-state index contributed by atoms with van der Waals surface area (Å²) in [6.07, 6.45) is 2.57. The molecule has 0 saturated heterocycles. The second kappa shape index (κ2) is 7.20. The molecule has 0 radical (unpaired) electrons. The van der Waals surface area contributed by atoms with E-state index >= 15 is 0 Å². The van der Waals surface area contributed by atoms with E-state index in [-0.39, 0.29) is 5.91 Å². The van der Waals surface area contributed by atoms with Crippen molar-refractivity contribution in [2.45, 2.75) is 6.42 Å². The van der Waals surface area contributed by atoms with Crippen LogP contribution in [0.15, 0.2) is 24.4 Å². The summed E-state index contributed by atoms with van der Waals surface area (Å²) in [5, 5.41) is 6.15. The van der Waals surface area contributed by atoms with E-state index < -0.39 is 0 Å². The molecule has 1 aliphatic heterocycles. The van der Waals surface area contributed by atoms with Crippen LogP contribution in [0.25, 0.3) is 22.3 Å². The van der Waals surface area contributed by atoms with Crippen molar-refractivity contribution in [3.8, 4) is 11.3 Å². The molecule has 0 unspecified atom stereocenters. The summed E-state index contributed by atoms with van der Waals surface area (Å²) in [5.74, 6) is 0.749. The zero-order valence-electron chi connectivity index (χ0n) is 14.2. The molecule has 1 amide bonds. The van der Waals surface area contributed by atoms with E-state index in [1.807, 2.05) is 18.2 Å². The summed E-state index contributed by atoms with van der Waals surface area (Å²) in [4.78, 5) is 24.8. The van der Waals surface area contributed by atoms with Gasteiger partial charge in [-0.2, -0.15) is 0 Å². The van der Waals surface area contributed by atoms with E-state index in [0.717, 1.165) is 49.4 Å². The molecule has 26 heavy (non-hydrogen) atoms. The highest BCUT2D eigenvalue weighted by Crippen LogP contribution is 2.34. The topological polar surface area (TPSA) is 91.9 Å². The molecule has 1 aliphatic rings. The number of carbonyl (C=O) groups is 1. The maximum absolute atomic E-state index is 12.2. The number of hydrogen-bond donors (Lipinski definition) is 3. The summed E-state index contributed by atoms with van der Waals surface area (Å²) in [6.45, 7) is 1.94. The number of aromatic nitrogens is 3. The van der Waals surface area contributed by atoms with Gasteiger partial charge in [-0.25, -0.2) is 4.98 Å². The maximum atomic E-state index is 12.2. The first-order valence-corrected chi connectivity index (χ1v) is 9.44. The molecule has 0 fully saturated rings. The van der Waals surface area contributed by atoms with Gasteiger partial charge in [0.05, 0.1) is 27.0 Å². The van der Waals surface area contributed by atoms with Crippen LogP contribution in [0, 0.1) is 3.57 Å². The maximum Gasteiger partial charge on any atom is 0.254 e. The van der Waals surface area contributed by atoms with Gasteiger partial charge in [0.15, 0.2) is 0 Å². The Labute approximate surface area is 164 Å². The number of halogens is 1. The second-order valence-corrected chi connectivity index (χ2v) is 7.09. The lowest BCUT2D eigenvalue weighted by Crippen LogP contribution is -2.31. The first-order valence-electron chi connectivity index (χ1n) is 8.36. The highest BCUT2D eigenvalue weighted by Gasteiger charge is 2.26. The van der Waals surface area contributed by atoms with Crippen LogP contribution in [0.3, 0.4) is 0 Å². The van der Waals surface area contributed by atoms with Crippen molar-refractivity contribution < 1.29 is 9.53 Å². The Morgan fingerprint density at radius 3 is 3.04 bits per heavy atom. The number of fused-ring (bicyclic) bond motifs is 2. The number of carbonyl (C=O) groups excluding carboxylic acids is 1. The Balaban J connectivity index is 1.81. The predicted octanol–water partition coefficient (Wildman–Crippen LogP) is 2.57. The molecule has 8 heteroatoms. The number of nitrogens with zero attached hydrogens (tertiary/aromatic N) is 2. The van der Waals surface area contributed by atoms with E-state index in [9.17, 15) is 4.79 Å². The number of amides is 1. The van der Waals surface area contributed by atoms with Crippen molar-refractivity contribution in [1.29, 1.82) is 0 Å². The highest BCUT2D eigenvalue weighted by atomic mass is 127. The van der Waals surface area contributed by atoms with Crippen molar-refractivity contribution in [3.63, 3.8) is 0 Å². The summed E-state index contributed by atoms with van der Waals surface area (Å²) in [6, 6.07) is 5.79. The second-order valence-electron chi connectivity index (χ2n) is 6.02. The molecule has 0 spiro atoms. The summed E-state index contributed by atoms with van der Waals surface area (Å²) in [7, 11) is 1.67. The van der Waals surface area contributed by atoms with Crippen molar-refractivity contribution in [1.82, 2.24) is 20.3 Å². The third kappa shape index (κ3) is 3.03. The standard InChI is InChI=1S/C18H18IN5O2/c1-26-9-8-21-13-3-2-12-16(24-13)10(4-6-20-12)17-15(19)14-11(23-17)5-7-22-18(14)25/h2-4,6,23H,5,7-9H2,1H3,(H,21,24)(H,22,25). The lowest BCUT2D eigenvalue weighted by Gasteiger charge is -2.11. The zero-order valence-corrected chi connectivity index (χ0v) is 16.4. The minimum absolute atomic E-state index is 0.0219. The fourth-order valence-corrected chi connectivity index (χ4v) is 4.13.